The number of halogens is 1. The lowest BCUT2D eigenvalue weighted by Gasteiger charge is -2.23. The summed E-state index contributed by atoms with van der Waals surface area (Å²) in [6, 6.07) is 12.9. The van der Waals surface area contributed by atoms with Crippen molar-refractivity contribution < 1.29 is 9.59 Å². The van der Waals surface area contributed by atoms with Crippen LogP contribution >= 0.6 is 11.6 Å². The van der Waals surface area contributed by atoms with Gasteiger partial charge in [-0.3, -0.25) is 9.59 Å². The van der Waals surface area contributed by atoms with E-state index in [4.69, 9.17) is 11.6 Å². The summed E-state index contributed by atoms with van der Waals surface area (Å²) in [5, 5.41) is 3.43. The Labute approximate surface area is 160 Å². The van der Waals surface area contributed by atoms with E-state index in [2.05, 4.69) is 5.32 Å². The molecule has 0 aliphatic heterocycles. The van der Waals surface area contributed by atoms with E-state index in [9.17, 15) is 9.59 Å². The van der Waals surface area contributed by atoms with Crippen LogP contribution in [0, 0.1) is 13.8 Å². The molecule has 0 aliphatic carbocycles. The maximum atomic E-state index is 12.6. The van der Waals surface area contributed by atoms with E-state index in [1.807, 2.05) is 43.9 Å². The van der Waals surface area contributed by atoms with Crippen molar-refractivity contribution in [2.75, 3.05) is 18.0 Å². The number of nitrogens with zero attached hydrogens (tertiary/aromatic N) is 1. The van der Waals surface area contributed by atoms with Gasteiger partial charge in [-0.2, -0.15) is 0 Å². The van der Waals surface area contributed by atoms with Crippen molar-refractivity contribution in [2.24, 2.45) is 0 Å². The maximum Gasteiger partial charge on any atom is 0.251 e. The van der Waals surface area contributed by atoms with Crippen LogP contribution in [-0.4, -0.2) is 24.9 Å². The molecule has 4 nitrogen and oxygen atoms in total. The zero-order valence-electron chi connectivity index (χ0n) is 15.5. The average molecular weight is 373 g/mol. The van der Waals surface area contributed by atoms with Crippen LogP contribution in [0.3, 0.4) is 0 Å². The molecular weight excluding hydrogens is 348 g/mol. The zero-order chi connectivity index (χ0) is 19.1. The first-order valence-corrected chi connectivity index (χ1v) is 9.21. The van der Waals surface area contributed by atoms with Crippen molar-refractivity contribution >= 4 is 29.1 Å². The number of anilines is 1. The molecule has 0 saturated heterocycles. The topological polar surface area (TPSA) is 49.4 Å². The summed E-state index contributed by atoms with van der Waals surface area (Å²) < 4.78 is 0. The smallest absolute Gasteiger partial charge is 0.251 e. The molecule has 0 heterocycles. The molecule has 0 unspecified atom stereocenters. The van der Waals surface area contributed by atoms with Crippen LogP contribution < -0.4 is 10.2 Å². The summed E-state index contributed by atoms with van der Waals surface area (Å²) in [5.74, 6) is -0.0852. The Bertz CT molecular complexity index is 772. The molecule has 1 N–H and O–H groups in total. The van der Waals surface area contributed by atoms with Gasteiger partial charge in [0.25, 0.3) is 5.91 Å². The highest BCUT2D eigenvalue weighted by Gasteiger charge is 2.15. The van der Waals surface area contributed by atoms with Gasteiger partial charge >= 0.3 is 0 Å². The molecule has 2 rings (SSSR count). The number of carbonyl (C=O) groups is 2. The molecule has 0 saturated carbocycles. The lowest BCUT2D eigenvalue weighted by atomic mass is 10.1. The second-order valence-electron chi connectivity index (χ2n) is 6.29. The third-order valence-corrected chi connectivity index (χ3v) is 4.48. The third kappa shape index (κ3) is 5.33. The SMILES string of the molecule is CCN(C(=O)CCCNC(=O)c1ccc(Cl)cc1)c1cc(C)ccc1C. The number of hydrogen-bond acceptors (Lipinski definition) is 2. The summed E-state index contributed by atoms with van der Waals surface area (Å²) in [4.78, 5) is 26.4. The van der Waals surface area contributed by atoms with E-state index < -0.39 is 0 Å². The lowest BCUT2D eigenvalue weighted by molar-refractivity contribution is -0.118. The van der Waals surface area contributed by atoms with Crippen molar-refractivity contribution in [1.29, 1.82) is 0 Å². The number of aryl methyl sites for hydroxylation is 2. The van der Waals surface area contributed by atoms with Crippen molar-refractivity contribution in [3.8, 4) is 0 Å². The number of rotatable bonds is 7. The number of amides is 2. The summed E-state index contributed by atoms with van der Waals surface area (Å²) >= 11 is 5.82. The van der Waals surface area contributed by atoms with E-state index in [1.54, 1.807) is 24.3 Å². The number of carbonyl (C=O) groups excluding carboxylic acids is 2. The van der Waals surface area contributed by atoms with E-state index in [1.165, 1.54) is 0 Å². The van der Waals surface area contributed by atoms with Gasteiger partial charge in [0.15, 0.2) is 0 Å². The molecule has 0 bridgehead atoms. The van der Waals surface area contributed by atoms with Crippen molar-refractivity contribution in [3.63, 3.8) is 0 Å². The van der Waals surface area contributed by atoms with Crippen LogP contribution in [0.1, 0.15) is 41.3 Å². The molecule has 0 atom stereocenters. The highest BCUT2D eigenvalue weighted by molar-refractivity contribution is 6.30. The highest BCUT2D eigenvalue weighted by Crippen LogP contribution is 2.22. The fourth-order valence-electron chi connectivity index (χ4n) is 2.77. The van der Waals surface area contributed by atoms with Gasteiger partial charge < -0.3 is 10.2 Å². The first-order valence-electron chi connectivity index (χ1n) is 8.83. The van der Waals surface area contributed by atoms with Gasteiger partial charge in [-0.1, -0.05) is 23.7 Å². The van der Waals surface area contributed by atoms with Gasteiger partial charge in [-0.25, -0.2) is 0 Å². The molecule has 0 aromatic heterocycles. The van der Waals surface area contributed by atoms with Crippen LogP contribution in [-0.2, 0) is 4.79 Å². The molecule has 0 aliphatic rings. The molecule has 138 valence electrons. The van der Waals surface area contributed by atoms with Crippen LogP contribution in [0.2, 0.25) is 5.02 Å². The Hall–Kier alpha value is -2.33. The Morgan fingerprint density at radius 2 is 1.77 bits per heavy atom. The first kappa shape index (κ1) is 20.0. The fraction of sp³-hybridized carbons (Fsp3) is 0.333. The Morgan fingerprint density at radius 1 is 1.08 bits per heavy atom. The predicted octanol–water partition coefficient (Wildman–Crippen LogP) is 4.52. The Kier molecular flexibility index (Phi) is 7.22. The number of benzene rings is 2. The summed E-state index contributed by atoms with van der Waals surface area (Å²) in [6.07, 6.45) is 0.988. The van der Waals surface area contributed by atoms with Gasteiger partial charge in [-0.15, -0.1) is 0 Å². The van der Waals surface area contributed by atoms with Crippen molar-refractivity contribution in [1.82, 2.24) is 5.32 Å². The standard InChI is InChI=1S/C21H25ClN2O2/c1-4-24(19-14-15(2)7-8-16(19)3)20(25)6-5-13-23-21(26)17-9-11-18(22)12-10-17/h7-12,14H,4-6,13H2,1-3H3,(H,23,26). The van der Waals surface area contributed by atoms with Crippen molar-refractivity contribution in [2.45, 2.75) is 33.6 Å². The maximum absolute atomic E-state index is 12.6. The number of nitrogens with one attached hydrogen (secondary N) is 1. The van der Waals surface area contributed by atoms with E-state index >= 15 is 0 Å². The molecule has 0 fully saturated rings. The molecule has 5 heteroatoms. The summed E-state index contributed by atoms with van der Waals surface area (Å²) in [5.41, 5.74) is 3.74. The minimum atomic E-state index is -0.156. The second-order valence-corrected chi connectivity index (χ2v) is 6.73. The molecule has 2 aromatic carbocycles. The fourth-order valence-corrected chi connectivity index (χ4v) is 2.90. The van der Waals surface area contributed by atoms with Gasteiger partial charge in [0.2, 0.25) is 5.91 Å². The van der Waals surface area contributed by atoms with E-state index in [0.29, 0.717) is 36.5 Å². The molecule has 0 spiro atoms. The average Bonchev–Trinajstić information content (AvgIpc) is 2.62. The highest BCUT2D eigenvalue weighted by atomic mass is 35.5. The Balaban J connectivity index is 1.86. The second kappa shape index (κ2) is 9.39. The molecule has 2 amide bonds. The van der Waals surface area contributed by atoms with Crippen LogP contribution in [0.4, 0.5) is 5.69 Å². The van der Waals surface area contributed by atoms with E-state index in [-0.39, 0.29) is 11.8 Å². The Morgan fingerprint density at radius 3 is 2.42 bits per heavy atom. The van der Waals surface area contributed by atoms with Gasteiger partial charge in [0, 0.05) is 35.8 Å². The quantitative estimate of drug-likeness (QED) is 0.726. The largest absolute Gasteiger partial charge is 0.352 e. The molecule has 0 radical (unpaired) electrons. The van der Waals surface area contributed by atoms with Crippen LogP contribution in [0.15, 0.2) is 42.5 Å². The van der Waals surface area contributed by atoms with Crippen LogP contribution in [0.5, 0.6) is 0 Å². The minimum absolute atomic E-state index is 0.0712. The van der Waals surface area contributed by atoms with Gasteiger partial charge in [0.05, 0.1) is 0 Å². The van der Waals surface area contributed by atoms with Gasteiger partial charge in [-0.05, 0) is 68.7 Å². The summed E-state index contributed by atoms with van der Waals surface area (Å²) in [6.45, 7) is 7.09. The predicted molar refractivity (Wildman–Crippen MR) is 107 cm³/mol. The molecular formula is C21H25ClN2O2. The molecule has 26 heavy (non-hydrogen) atoms. The summed E-state index contributed by atoms with van der Waals surface area (Å²) in [7, 11) is 0. The minimum Gasteiger partial charge on any atom is -0.352 e. The van der Waals surface area contributed by atoms with Gasteiger partial charge in [0.1, 0.15) is 0 Å². The third-order valence-electron chi connectivity index (χ3n) is 4.23. The lowest BCUT2D eigenvalue weighted by Crippen LogP contribution is -2.32. The normalized spacial score (nSPS) is 10.5. The number of hydrogen-bond donors (Lipinski definition) is 1. The zero-order valence-corrected chi connectivity index (χ0v) is 16.3. The monoisotopic (exact) mass is 372 g/mol. The first-order chi connectivity index (χ1) is 12.4. The van der Waals surface area contributed by atoms with Crippen molar-refractivity contribution in [3.05, 3.63) is 64.2 Å². The van der Waals surface area contributed by atoms with E-state index in [0.717, 1.165) is 16.8 Å². The van der Waals surface area contributed by atoms with Crippen LogP contribution in [0.25, 0.3) is 0 Å². The molecule has 2 aromatic rings.